The average molecular weight is 987 g/mol. The van der Waals surface area contributed by atoms with Crippen molar-refractivity contribution in [2.75, 3.05) is 47.5 Å². The first-order valence-electron chi connectivity index (χ1n) is 29.3. The fourth-order valence-corrected chi connectivity index (χ4v) is 8.35. The van der Waals surface area contributed by atoms with E-state index in [-0.39, 0.29) is 32.2 Å². The third-order valence-electron chi connectivity index (χ3n) is 12.8. The Kier molecular flexibility index (Phi) is 50.5. The second-order valence-corrected chi connectivity index (χ2v) is 20.9. The van der Waals surface area contributed by atoms with E-state index in [1.54, 1.807) is 0 Å². The number of hydrogen-bond acceptors (Lipinski definition) is 8. The van der Waals surface area contributed by atoms with Crippen molar-refractivity contribution in [1.29, 1.82) is 0 Å². The maximum atomic E-state index is 12.9. The van der Waals surface area contributed by atoms with Crippen molar-refractivity contribution in [3.8, 4) is 0 Å². The number of carboxylic acids is 1. The molecular weight excluding hydrogens is 875 g/mol. The number of ether oxygens (including phenoxy) is 4. The lowest BCUT2D eigenvalue weighted by atomic mass is 10.0. The van der Waals surface area contributed by atoms with Crippen molar-refractivity contribution in [1.82, 2.24) is 0 Å². The molecule has 70 heavy (non-hydrogen) atoms. The van der Waals surface area contributed by atoms with Crippen LogP contribution in [0.15, 0.2) is 48.6 Å². The van der Waals surface area contributed by atoms with Gasteiger partial charge in [-0.1, -0.05) is 249 Å². The summed E-state index contributed by atoms with van der Waals surface area (Å²) < 4.78 is 22.7. The van der Waals surface area contributed by atoms with E-state index in [2.05, 4.69) is 62.5 Å². The van der Waals surface area contributed by atoms with Gasteiger partial charge in [-0.2, -0.15) is 0 Å². The van der Waals surface area contributed by atoms with Gasteiger partial charge in [0.05, 0.1) is 40.3 Å². The lowest BCUT2D eigenvalue weighted by molar-refractivity contribution is -0.870. The van der Waals surface area contributed by atoms with Crippen molar-refractivity contribution >= 4 is 17.9 Å². The van der Waals surface area contributed by atoms with Gasteiger partial charge in [0.15, 0.2) is 12.4 Å². The van der Waals surface area contributed by atoms with Crippen LogP contribution in [0.5, 0.6) is 0 Å². The molecule has 0 aliphatic rings. The van der Waals surface area contributed by atoms with Crippen molar-refractivity contribution in [2.45, 2.75) is 277 Å². The van der Waals surface area contributed by atoms with E-state index in [0.717, 1.165) is 57.8 Å². The maximum Gasteiger partial charge on any atom is 0.306 e. The van der Waals surface area contributed by atoms with Crippen molar-refractivity contribution in [3.05, 3.63) is 48.6 Å². The Hall–Kier alpha value is -2.75. The predicted octanol–water partition coefficient (Wildman–Crippen LogP) is 15.7. The fourth-order valence-electron chi connectivity index (χ4n) is 8.35. The standard InChI is InChI=1S/C61H111NO8/c1-6-8-10-12-14-16-18-20-22-24-25-26-27-28-29-30-31-32-33-34-35-36-38-40-42-44-46-48-50-52-59(64)70-57(56-69-61(60(65)66)67-54-53-62(3,4)5)55-68-58(63)51-49-47-45-43-41-39-37-23-21-19-17-15-13-11-9-7-2/h8,10,14,16,20,22,25-26,57,61H,6-7,9,11-13,15,17-19,21,23-24,27-56H2,1-5H3/b10-8-,16-14-,22-20-,26-25-. The number of likely N-dealkylation sites (N-methyl/N-ethyl adjacent to an activating group) is 1. The molecule has 0 spiro atoms. The number of carboxylic acid groups (broad SMARTS) is 1. The van der Waals surface area contributed by atoms with E-state index in [0.29, 0.717) is 23.9 Å². The first kappa shape index (κ1) is 67.2. The Morgan fingerprint density at radius 1 is 0.443 bits per heavy atom. The number of unbranched alkanes of at least 4 members (excludes halogenated alkanes) is 31. The van der Waals surface area contributed by atoms with Crippen LogP contribution < -0.4 is 5.11 Å². The summed E-state index contributed by atoms with van der Waals surface area (Å²) in [5, 5.41) is 11.8. The van der Waals surface area contributed by atoms with Crippen LogP contribution >= 0.6 is 0 Å². The number of carbonyl (C=O) groups excluding carboxylic acids is 3. The highest BCUT2D eigenvalue weighted by molar-refractivity contribution is 5.70. The third kappa shape index (κ3) is 53.1. The lowest BCUT2D eigenvalue weighted by Crippen LogP contribution is -2.44. The maximum absolute atomic E-state index is 12.9. The van der Waals surface area contributed by atoms with E-state index in [1.165, 1.54) is 173 Å². The summed E-state index contributed by atoms with van der Waals surface area (Å²) in [6, 6.07) is 0. The van der Waals surface area contributed by atoms with Crippen LogP contribution in [-0.2, 0) is 33.3 Å². The zero-order valence-corrected chi connectivity index (χ0v) is 46.4. The summed E-state index contributed by atoms with van der Waals surface area (Å²) in [6.45, 7) is 4.67. The molecular formula is C61H111NO8. The fraction of sp³-hybridized carbons (Fsp3) is 0.820. The second-order valence-electron chi connectivity index (χ2n) is 20.9. The Bertz CT molecular complexity index is 1290. The monoisotopic (exact) mass is 986 g/mol. The molecule has 0 amide bonds. The summed E-state index contributed by atoms with van der Waals surface area (Å²) in [4.78, 5) is 37.3. The van der Waals surface area contributed by atoms with Crippen molar-refractivity contribution < 1.29 is 42.9 Å². The van der Waals surface area contributed by atoms with Crippen LogP contribution in [0, 0.1) is 0 Å². The Morgan fingerprint density at radius 3 is 1.21 bits per heavy atom. The van der Waals surface area contributed by atoms with Gasteiger partial charge in [0.1, 0.15) is 13.2 Å². The van der Waals surface area contributed by atoms with Crippen LogP contribution in [-0.4, -0.2) is 82.3 Å². The molecule has 0 N–H and O–H groups in total. The van der Waals surface area contributed by atoms with Gasteiger partial charge in [0.25, 0.3) is 0 Å². The molecule has 0 saturated heterocycles. The molecule has 9 heteroatoms. The van der Waals surface area contributed by atoms with Gasteiger partial charge in [-0.25, -0.2) is 0 Å². The molecule has 2 unspecified atom stereocenters. The molecule has 0 aliphatic heterocycles. The lowest BCUT2D eigenvalue weighted by Gasteiger charge is -2.26. The first-order valence-corrected chi connectivity index (χ1v) is 29.3. The van der Waals surface area contributed by atoms with Crippen LogP contribution in [0.2, 0.25) is 0 Å². The normalized spacial score (nSPS) is 13.1. The highest BCUT2D eigenvalue weighted by Gasteiger charge is 2.22. The second kappa shape index (κ2) is 52.6. The molecule has 9 nitrogen and oxygen atoms in total. The van der Waals surface area contributed by atoms with Crippen molar-refractivity contribution in [3.63, 3.8) is 0 Å². The smallest absolute Gasteiger partial charge is 0.306 e. The summed E-state index contributed by atoms with van der Waals surface area (Å²) in [5.41, 5.74) is 0. The Morgan fingerprint density at radius 2 is 0.814 bits per heavy atom. The molecule has 0 aliphatic carbocycles. The Labute approximate surface area is 432 Å². The number of hydrogen-bond donors (Lipinski definition) is 0. The van der Waals surface area contributed by atoms with E-state index in [1.807, 2.05) is 21.1 Å². The molecule has 2 atom stereocenters. The zero-order chi connectivity index (χ0) is 51.3. The topological polar surface area (TPSA) is 111 Å². The molecule has 0 fully saturated rings. The summed E-state index contributed by atoms with van der Waals surface area (Å²) in [7, 11) is 5.93. The SMILES string of the molecule is CC/C=C\C/C=C\C/C=C\C/C=C\CCCCCCCCCCCCCCCCCCC(=O)OC(COC(=O)CCCCCCCCCCCCCCCCCC)COC(OCC[N+](C)(C)C)C(=O)[O-]. The highest BCUT2D eigenvalue weighted by atomic mass is 16.7. The van der Waals surface area contributed by atoms with Gasteiger partial charge in [-0.15, -0.1) is 0 Å². The predicted molar refractivity (Wildman–Crippen MR) is 292 cm³/mol. The first-order chi connectivity index (χ1) is 34.1. The Balaban J connectivity index is 4.16. The number of nitrogens with zero attached hydrogens (tertiary/aromatic N) is 1. The molecule has 0 rings (SSSR count). The molecule has 0 heterocycles. The van der Waals surface area contributed by atoms with Gasteiger partial charge in [-0.3, -0.25) is 9.59 Å². The van der Waals surface area contributed by atoms with Gasteiger partial charge in [0.2, 0.25) is 0 Å². The van der Waals surface area contributed by atoms with E-state index < -0.39 is 24.3 Å². The van der Waals surface area contributed by atoms with E-state index in [4.69, 9.17) is 18.9 Å². The van der Waals surface area contributed by atoms with E-state index >= 15 is 0 Å². The van der Waals surface area contributed by atoms with Crippen LogP contribution in [0.3, 0.4) is 0 Å². The number of carbonyl (C=O) groups is 3. The molecule has 0 saturated carbocycles. The minimum absolute atomic E-state index is 0.149. The van der Waals surface area contributed by atoms with Crippen LogP contribution in [0.25, 0.3) is 0 Å². The summed E-state index contributed by atoms with van der Waals surface area (Å²) >= 11 is 0. The number of allylic oxidation sites excluding steroid dienone is 8. The van der Waals surface area contributed by atoms with E-state index in [9.17, 15) is 19.5 Å². The minimum atomic E-state index is -1.62. The summed E-state index contributed by atoms with van der Waals surface area (Å²) in [6.07, 6.45) is 61.6. The quantitative estimate of drug-likeness (QED) is 0.0195. The van der Waals surface area contributed by atoms with Gasteiger partial charge < -0.3 is 33.3 Å². The van der Waals surface area contributed by atoms with Gasteiger partial charge in [0, 0.05) is 12.8 Å². The number of aliphatic carboxylic acids is 1. The third-order valence-corrected chi connectivity index (χ3v) is 12.8. The molecule has 0 aromatic rings. The number of esters is 2. The molecule has 0 aromatic heterocycles. The minimum Gasteiger partial charge on any atom is -0.545 e. The van der Waals surface area contributed by atoms with Crippen LogP contribution in [0.1, 0.15) is 264 Å². The number of quaternary nitrogens is 1. The van der Waals surface area contributed by atoms with Crippen molar-refractivity contribution in [2.24, 2.45) is 0 Å². The number of rotatable bonds is 54. The molecule has 0 radical (unpaired) electrons. The molecule has 0 bridgehead atoms. The van der Waals surface area contributed by atoms with Gasteiger partial charge >= 0.3 is 11.9 Å². The molecule has 408 valence electrons. The average Bonchev–Trinajstić information content (AvgIpc) is 3.33. The summed E-state index contributed by atoms with van der Waals surface area (Å²) in [5.74, 6) is -2.27. The zero-order valence-electron chi connectivity index (χ0n) is 46.4. The highest BCUT2D eigenvalue weighted by Crippen LogP contribution is 2.17. The molecule has 0 aromatic carbocycles. The van der Waals surface area contributed by atoms with Crippen LogP contribution in [0.4, 0.5) is 0 Å². The largest absolute Gasteiger partial charge is 0.545 e. The van der Waals surface area contributed by atoms with Gasteiger partial charge in [-0.05, 0) is 51.4 Å².